The van der Waals surface area contributed by atoms with Gasteiger partial charge in [-0.2, -0.15) is 5.10 Å². The molecule has 0 saturated carbocycles. The van der Waals surface area contributed by atoms with Crippen LogP contribution in [0.5, 0.6) is 0 Å². The Hall–Kier alpha value is -2.26. The van der Waals surface area contributed by atoms with Gasteiger partial charge in [-0.1, -0.05) is 41.9 Å². The SMILES string of the molecule is Clc1ccc(NCc2cnn(Cc3ccccc3)c2)cc1. The fourth-order valence-electron chi connectivity index (χ4n) is 2.13. The minimum Gasteiger partial charge on any atom is -0.381 e. The van der Waals surface area contributed by atoms with Crippen molar-refractivity contribution in [2.24, 2.45) is 0 Å². The predicted octanol–water partition coefficient (Wildman–Crippen LogP) is 4.20. The van der Waals surface area contributed by atoms with Gasteiger partial charge >= 0.3 is 0 Å². The van der Waals surface area contributed by atoms with Gasteiger partial charge < -0.3 is 5.32 Å². The predicted molar refractivity (Wildman–Crippen MR) is 86.5 cm³/mol. The lowest BCUT2D eigenvalue weighted by Gasteiger charge is -2.04. The second-order valence-corrected chi connectivity index (χ2v) is 5.33. The lowest BCUT2D eigenvalue weighted by Crippen LogP contribution is -2.00. The van der Waals surface area contributed by atoms with Gasteiger partial charge in [0.25, 0.3) is 0 Å². The highest BCUT2D eigenvalue weighted by atomic mass is 35.5. The van der Waals surface area contributed by atoms with Crippen LogP contribution in [0.2, 0.25) is 5.02 Å². The van der Waals surface area contributed by atoms with E-state index in [1.54, 1.807) is 0 Å². The van der Waals surface area contributed by atoms with Crippen LogP contribution in [0.3, 0.4) is 0 Å². The number of nitrogens with zero attached hydrogens (tertiary/aromatic N) is 2. The first-order chi connectivity index (χ1) is 10.3. The average molecular weight is 298 g/mol. The van der Waals surface area contributed by atoms with Gasteiger partial charge in [0, 0.05) is 29.0 Å². The smallest absolute Gasteiger partial charge is 0.0659 e. The molecule has 4 heteroatoms. The standard InChI is InChI=1S/C17H16ClN3/c18-16-6-8-17(9-7-16)19-10-15-11-20-21(13-15)12-14-4-2-1-3-5-14/h1-9,11,13,19H,10,12H2. The third kappa shape index (κ3) is 3.86. The molecule has 3 rings (SSSR count). The van der Waals surface area contributed by atoms with Crippen LogP contribution in [-0.2, 0) is 13.1 Å². The van der Waals surface area contributed by atoms with Crippen molar-refractivity contribution in [1.82, 2.24) is 9.78 Å². The fourth-order valence-corrected chi connectivity index (χ4v) is 2.25. The molecular weight excluding hydrogens is 282 g/mol. The second kappa shape index (κ2) is 6.46. The molecule has 1 heterocycles. The molecule has 0 aliphatic heterocycles. The van der Waals surface area contributed by atoms with E-state index in [2.05, 4.69) is 28.7 Å². The number of halogens is 1. The minimum atomic E-state index is 0.746. The first-order valence-corrected chi connectivity index (χ1v) is 7.22. The van der Waals surface area contributed by atoms with E-state index in [-0.39, 0.29) is 0 Å². The maximum Gasteiger partial charge on any atom is 0.0659 e. The van der Waals surface area contributed by atoms with E-state index in [1.807, 2.05) is 53.3 Å². The van der Waals surface area contributed by atoms with Gasteiger partial charge in [-0.15, -0.1) is 0 Å². The summed E-state index contributed by atoms with van der Waals surface area (Å²) in [6.45, 7) is 1.54. The molecule has 0 radical (unpaired) electrons. The highest BCUT2D eigenvalue weighted by molar-refractivity contribution is 6.30. The van der Waals surface area contributed by atoms with Crippen molar-refractivity contribution >= 4 is 17.3 Å². The number of anilines is 1. The number of rotatable bonds is 5. The molecule has 0 amide bonds. The van der Waals surface area contributed by atoms with Crippen LogP contribution >= 0.6 is 11.6 Å². The Balaban J connectivity index is 1.59. The number of hydrogen-bond acceptors (Lipinski definition) is 2. The van der Waals surface area contributed by atoms with Crippen molar-refractivity contribution in [3.63, 3.8) is 0 Å². The second-order valence-electron chi connectivity index (χ2n) is 4.89. The van der Waals surface area contributed by atoms with Crippen LogP contribution < -0.4 is 5.32 Å². The highest BCUT2D eigenvalue weighted by Gasteiger charge is 2.00. The van der Waals surface area contributed by atoms with E-state index in [4.69, 9.17) is 11.6 Å². The Morgan fingerprint density at radius 3 is 2.48 bits per heavy atom. The van der Waals surface area contributed by atoms with Gasteiger partial charge in [-0.3, -0.25) is 4.68 Å². The summed E-state index contributed by atoms with van der Waals surface area (Å²) < 4.78 is 1.95. The summed E-state index contributed by atoms with van der Waals surface area (Å²) in [6.07, 6.45) is 3.96. The Bertz CT molecular complexity index is 690. The molecular formula is C17H16ClN3. The van der Waals surface area contributed by atoms with Gasteiger partial charge in [-0.25, -0.2) is 0 Å². The van der Waals surface area contributed by atoms with Crippen molar-refractivity contribution in [2.45, 2.75) is 13.1 Å². The van der Waals surface area contributed by atoms with Gasteiger partial charge in [0.1, 0.15) is 0 Å². The quantitative estimate of drug-likeness (QED) is 0.765. The number of nitrogens with one attached hydrogen (secondary N) is 1. The topological polar surface area (TPSA) is 29.9 Å². The van der Waals surface area contributed by atoms with Crippen LogP contribution in [0.25, 0.3) is 0 Å². The van der Waals surface area contributed by atoms with Gasteiger partial charge in [-0.05, 0) is 29.8 Å². The van der Waals surface area contributed by atoms with E-state index >= 15 is 0 Å². The third-order valence-electron chi connectivity index (χ3n) is 3.21. The van der Waals surface area contributed by atoms with Crippen molar-refractivity contribution in [3.8, 4) is 0 Å². The first kappa shape index (κ1) is 13.7. The van der Waals surface area contributed by atoms with Crippen LogP contribution in [0.4, 0.5) is 5.69 Å². The van der Waals surface area contributed by atoms with Crippen molar-refractivity contribution < 1.29 is 0 Å². The molecule has 0 unspecified atom stereocenters. The van der Waals surface area contributed by atoms with Gasteiger partial charge in [0.2, 0.25) is 0 Å². The summed E-state index contributed by atoms with van der Waals surface area (Å²) in [4.78, 5) is 0. The molecule has 1 aromatic heterocycles. The molecule has 0 spiro atoms. The van der Waals surface area contributed by atoms with E-state index in [0.717, 1.165) is 29.4 Å². The molecule has 0 bridgehead atoms. The summed E-state index contributed by atoms with van der Waals surface area (Å²) in [5.74, 6) is 0. The molecule has 106 valence electrons. The monoisotopic (exact) mass is 297 g/mol. The Labute approximate surface area is 129 Å². The maximum absolute atomic E-state index is 5.87. The summed E-state index contributed by atoms with van der Waals surface area (Å²) in [7, 11) is 0. The normalized spacial score (nSPS) is 10.5. The molecule has 21 heavy (non-hydrogen) atoms. The molecule has 0 fully saturated rings. The third-order valence-corrected chi connectivity index (χ3v) is 3.47. The molecule has 0 atom stereocenters. The minimum absolute atomic E-state index is 0.746. The van der Waals surface area contributed by atoms with Crippen LogP contribution in [0.1, 0.15) is 11.1 Å². The van der Waals surface area contributed by atoms with Crippen LogP contribution in [-0.4, -0.2) is 9.78 Å². The summed E-state index contributed by atoms with van der Waals surface area (Å²) >= 11 is 5.87. The van der Waals surface area contributed by atoms with Crippen LogP contribution in [0, 0.1) is 0 Å². The summed E-state index contributed by atoms with van der Waals surface area (Å²) in [5.41, 5.74) is 3.45. The van der Waals surface area contributed by atoms with Crippen molar-refractivity contribution in [1.29, 1.82) is 0 Å². The van der Waals surface area contributed by atoms with Gasteiger partial charge in [0.15, 0.2) is 0 Å². The molecule has 1 N–H and O–H groups in total. The van der Waals surface area contributed by atoms with E-state index in [9.17, 15) is 0 Å². The largest absolute Gasteiger partial charge is 0.381 e. The first-order valence-electron chi connectivity index (χ1n) is 6.84. The zero-order chi connectivity index (χ0) is 14.5. The van der Waals surface area contributed by atoms with Crippen molar-refractivity contribution in [2.75, 3.05) is 5.32 Å². The highest BCUT2D eigenvalue weighted by Crippen LogP contribution is 2.14. The molecule has 0 aliphatic rings. The molecule has 3 nitrogen and oxygen atoms in total. The fraction of sp³-hybridized carbons (Fsp3) is 0.118. The molecule has 0 aliphatic carbocycles. The average Bonchev–Trinajstić information content (AvgIpc) is 2.95. The van der Waals surface area contributed by atoms with E-state index < -0.39 is 0 Å². The van der Waals surface area contributed by atoms with Crippen LogP contribution in [0.15, 0.2) is 67.0 Å². The van der Waals surface area contributed by atoms with Crippen molar-refractivity contribution in [3.05, 3.63) is 83.1 Å². The number of aromatic nitrogens is 2. The summed E-state index contributed by atoms with van der Waals surface area (Å²) in [5, 5.41) is 8.49. The van der Waals surface area contributed by atoms with Gasteiger partial charge in [0.05, 0.1) is 12.7 Å². The molecule has 2 aromatic carbocycles. The Morgan fingerprint density at radius 2 is 1.71 bits per heavy atom. The zero-order valence-corrected chi connectivity index (χ0v) is 12.3. The number of benzene rings is 2. The lowest BCUT2D eigenvalue weighted by atomic mass is 10.2. The van der Waals surface area contributed by atoms with E-state index in [0.29, 0.717) is 0 Å². The molecule has 3 aromatic rings. The maximum atomic E-state index is 5.87. The zero-order valence-electron chi connectivity index (χ0n) is 11.5. The summed E-state index contributed by atoms with van der Waals surface area (Å²) in [6, 6.07) is 18.0. The Kier molecular flexibility index (Phi) is 4.22. The Morgan fingerprint density at radius 1 is 0.952 bits per heavy atom. The van der Waals surface area contributed by atoms with E-state index in [1.165, 1.54) is 5.56 Å². The number of hydrogen-bond donors (Lipinski definition) is 1. The lowest BCUT2D eigenvalue weighted by molar-refractivity contribution is 0.686. The molecule has 0 saturated heterocycles.